The zero-order chi connectivity index (χ0) is 17.0. The van der Waals surface area contributed by atoms with Crippen LogP contribution in [0.5, 0.6) is 0 Å². The molecule has 1 aliphatic carbocycles. The van der Waals surface area contributed by atoms with E-state index < -0.39 is 21.8 Å². The lowest BCUT2D eigenvalue weighted by Gasteiger charge is -2.27. The van der Waals surface area contributed by atoms with Crippen molar-refractivity contribution >= 4 is 16.0 Å². The van der Waals surface area contributed by atoms with Gasteiger partial charge in [-0.2, -0.15) is 4.31 Å². The second-order valence-corrected chi connectivity index (χ2v) is 8.14. The Morgan fingerprint density at radius 2 is 1.96 bits per heavy atom. The third-order valence-corrected chi connectivity index (χ3v) is 5.88. The molecule has 0 saturated heterocycles. The van der Waals surface area contributed by atoms with Crippen molar-refractivity contribution in [1.29, 1.82) is 0 Å². The Hall–Kier alpha value is -1.47. The summed E-state index contributed by atoms with van der Waals surface area (Å²) in [4.78, 5) is 11.9. The molecule has 0 N–H and O–H groups in total. The molecule has 2 rings (SSSR count). The van der Waals surface area contributed by atoms with Gasteiger partial charge in [0.25, 0.3) is 0 Å². The van der Waals surface area contributed by atoms with Crippen molar-refractivity contribution in [1.82, 2.24) is 4.31 Å². The number of rotatable bonds is 5. The Morgan fingerprint density at radius 3 is 2.57 bits per heavy atom. The second kappa shape index (κ2) is 7.40. The molecule has 5 nitrogen and oxygen atoms in total. The number of esters is 1. The van der Waals surface area contributed by atoms with E-state index in [0.717, 1.165) is 42.1 Å². The van der Waals surface area contributed by atoms with Crippen LogP contribution in [0.4, 0.5) is 4.39 Å². The number of sulfonamides is 1. The van der Waals surface area contributed by atoms with E-state index in [1.165, 1.54) is 19.2 Å². The van der Waals surface area contributed by atoms with Crippen LogP contribution in [0.1, 0.15) is 32.6 Å². The fraction of sp³-hybridized carbons (Fsp3) is 0.562. The molecule has 1 aromatic rings. The predicted molar refractivity (Wildman–Crippen MR) is 83.7 cm³/mol. The summed E-state index contributed by atoms with van der Waals surface area (Å²) in [6.07, 6.45) is 3.66. The van der Waals surface area contributed by atoms with Crippen LogP contribution < -0.4 is 0 Å². The highest BCUT2D eigenvalue weighted by Crippen LogP contribution is 2.26. The summed E-state index contributed by atoms with van der Waals surface area (Å²) in [6, 6.07) is 4.50. The quantitative estimate of drug-likeness (QED) is 0.771. The molecule has 1 fully saturated rings. The highest BCUT2D eigenvalue weighted by atomic mass is 32.2. The third kappa shape index (κ3) is 4.75. The first-order chi connectivity index (χ1) is 10.8. The first-order valence-corrected chi connectivity index (χ1v) is 9.14. The van der Waals surface area contributed by atoms with Crippen LogP contribution in [0.25, 0.3) is 0 Å². The van der Waals surface area contributed by atoms with Gasteiger partial charge in [-0.25, -0.2) is 12.8 Å². The zero-order valence-electron chi connectivity index (χ0n) is 13.4. The highest BCUT2D eigenvalue weighted by molar-refractivity contribution is 7.89. The molecule has 7 heteroatoms. The van der Waals surface area contributed by atoms with Gasteiger partial charge in [0, 0.05) is 7.05 Å². The van der Waals surface area contributed by atoms with Crippen molar-refractivity contribution in [3.8, 4) is 0 Å². The van der Waals surface area contributed by atoms with Gasteiger partial charge in [-0.1, -0.05) is 13.3 Å². The van der Waals surface area contributed by atoms with Gasteiger partial charge in [-0.05, 0) is 49.4 Å². The van der Waals surface area contributed by atoms with Crippen molar-refractivity contribution in [3.05, 3.63) is 30.1 Å². The molecular formula is C16H22FNO4S. The minimum Gasteiger partial charge on any atom is -0.461 e. The number of carbonyl (C=O) groups is 1. The smallest absolute Gasteiger partial charge is 0.321 e. The highest BCUT2D eigenvalue weighted by Gasteiger charge is 2.26. The van der Waals surface area contributed by atoms with Crippen molar-refractivity contribution < 1.29 is 22.3 Å². The number of nitrogens with zero attached hydrogens (tertiary/aromatic N) is 1. The number of carbonyl (C=O) groups excluding carboxylic acids is 1. The van der Waals surface area contributed by atoms with Gasteiger partial charge in [0.05, 0.1) is 4.90 Å². The average molecular weight is 343 g/mol. The third-order valence-electron chi connectivity index (χ3n) is 4.06. The molecule has 0 aromatic heterocycles. The van der Waals surface area contributed by atoms with Crippen LogP contribution in [0.2, 0.25) is 0 Å². The van der Waals surface area contributed by atoms with Crippen molar-refractivity contribution in [2.75, 3.05) is 13.6 Å². The van der Waals surface area contributed by atoms with Crippen LogP contribution in [-0.4, -0.2) is 38.4 Å². The van der Waals surface area contributed by atoms with Gasteiger partial charge >= 0.3 is 5.97 Å². The van der Waals surface area contributed by atoms with Crippen LogP contribution in [0, 0.1) is 11.7 Å². The molecule has 1 aromatic carbocycles. The van der Waals surface area contributed by atoms with E-state index in [0.29, 0.717) is 5.92 Å². The van der Waals surface area contributed by atoms with Gasteiger partial charge in [-0.3, -0.25) is 4.79 Å². The van der Waals surface area contributed by atoms with Gasteiger partial charge in [0.2, 0.25) is 10.0 Å². The molecule has 0 bridgehead atoms. The topological polar surface area (TPSA) is 63.7 Å². The molecule has 1 saturated carbocycles. The number of likely N-dealkylation sites (N-methyl/N-ethyl adjacent to an activating group) is 1. The number of benzene rings is 1. The summed E-state index contributed by atoms with van der Waals surface area (Å²) in [5, 5.41) is 0. The molecule has 0 radical (unpaired) electrons. The molecule has 128 valence electrons. The maximum Gasteiger partial charge on any atom is 0.321 e. The summed E-state index contributed by atoms with van der Waals surface area (Å²) in [5.74, 6) is -0.558. The van der Waals surface area contributed by atoms with E-state index in [2.05, 4.69) is 6.92 Å². The first kappa shape index (κ1) is 17.9. The van der Waals surface area contributed by atoms with E-state index in [1.54, 1.807) is 0 Å². The van der Waals surface area contributed by atoms with Gasteiger partial charge in [-0.15, -0.1) is 0 Å². The summed E-state index contributed by atoms with van der Waals surface area (Å²) in [7, 11) is -2.53. The normalized spacial score (nSPS) is 22.1. The monoisotopic (exact) mass is 343 g/mol. The maximum absolute atomic E-state index is 12.9. The molecule has 2 unspecified atom stereocenters. The number of ether oxygens (including phenoxy) is 1. The Labute approximate surface area is 136 Å². The second-order valence-electron chi connectivity index (χ2n) is 6.10. The van der Waals surface area contributed by atoms with E-state index >= 15 is 0 Å². The molecule has 0 amide bonds. The number of hydrogen-bond donors (Lipinski definition) is 0. The minimum absolute atomic E-state index is 0.0551. The zero-order valence-corrected chi connectivity index (χ0v) is 14.2. The van der Waals surface area contributed by atoms with E-state index in [4.69, 9.17) is 4.74 Å². The predicted octanol–water partition coefficient (Wildman–Crippen LogP) is 2.57. The van der Waals surface area contributed by atoms with Crippen molar-refractivity contribution in [3.63, 3.8) is 0 Å². The largest absolute Gasteiger partial charge is 0.461 e. The molecule has 0 aliphatic heterocycles. The molecule has 0 heterocycles. The summed E-state index contributed by atoms with van der Waals surface area (Å²) >= 11 is 0. The Balaban J connectivity index is 1.95. The van der Waals surface area contributed by atoms with Crippen LogP contribution >= 0.6 is 0 Å². The van der Waals surface area contributed by atoms with Gasteiger partial charge < -0.3 is 4.74 Å². The summed E-state index contributed by atoms with van der Waals surface area (Å²) in [6.45, 7) is 1.76. The molecule has 2 atom stereocenters. The molecule has 0 spiro atoms. The van der Waals surface area contributed by atoms with Gasteiger partial charge in [0.1, 0.15) is 18.5 Å². The summed E-state index contributed by atoms with van der Waals surface area (Å²) in [5.41, 5.74) is 0. The average Bonchev–Trinajstić information content (AvgIpc) is 2.47. The summed E-state index contributed by atoms with van der Waals surface area (Å²) < 4.78 is 43.8. The lowest BCUT2D eigenvalue weighted by atomic mass is 9.89. The van der Waals surface area contributed by atoms with Crippen molar-refractivity contribution in [2.24, 2.45) is 5.92 Å². The molecule has 23 heavy (non-hydrogen) atoms. The lowest BCUT2D eigenvalue weighted by Crippen LogP contribution is -2.35. The number of halogens is 1. The molecular weight excluding hydrogens is 321 g/mol. The Bertz CT molecular complexity index is 645. The van der Waals surface area contributed by atoms with Gasteiger partial charge in [0.15, 0.2) is 0 Å². The molecule has 1 aliphatic rings. The van der Waals surface area contributed by atoms with E-state index in [-0.39, 0.29) is 17.5 Å². The van der Waals surface area contributed by atoms with Crippen LogP contribution in [0.3, 0.4) is 0 Å². The van der Waals surface area contributed by atoms with Crippen molar-refractivity contribution in [2.45, 2.75) is 43.6 Å². The SMILES string of the molecule is CC1CCCC(OC(=O)CN(C)S(=O)(=O)c2ccc(F)cc2)C1. The van der Waals surface area contributed by atoms with E-state index in [9.17, 15) is 17.6 Å². The van der Waals surface area contributed by atoms with Crippen LogP contribution in [0.15, 0.2) is 29.2 Å². The Morgan fingerprint density at radius 1 is 1.30 bits per heavy atom. The first-order valence-electron chi connectivity index (χ1n) is 7.70. The fourth-order valence-corrected chi connectivity index (χ4v) is 3.88. The minimum atomic E-state index is -3.84. The standard InChI is InChI=1S/C16H22FNO4S/c1-12-4-3-5-14(10-12)22-16(19)11-18(2)23(20,21)15-8-6-13(17)7-9-15/h6-9,12,14H,3-5,10-11H2,1-2H3. The Kier molecular flexibility index (Phi) is 5.75. The maximum atomic E-state index is 12.9. The fourth-order valence-electron chi connectivity index (χ4n) is 2.76. The number of hydrogen-bond acceptors (Lipinski definition) is 4. The van der Waals surface area contributed by atoms with Crippen LogP contribution in [-0.2, 0) is 19.6 Å². The van der Waals surface area contributed by atoms with E-state index in [1.807, 2.05) is 0 Å². The lowest BCUT2D eigenvalue weighted by molar-refractivity contribution is -0.151.